The summed E-state index contributed by atoms with van der Waals surface area (Å²) in [5.41, 5.74) is 2.91. The molecule has 1 fully saturated rings. The van der Waals surface area contributed by atoms with E-state index in [4.69, 9.17) is 9.57 Å². The van der Waals surface area contributed by atoms with Gasteiger partial charge in [-0.25, -0.2) is 0 Å². The molecule has 0 aromatic heterocycles. The van der Waals surface area contributed by atoms with Crippen LogP contribution in [-0.2, 0) is 9.57 Å². The van der Waals surface area contributed by atoms with Crippen molar-refractivity contribution in [2.75, 3.05) is 32.8 Å². The Kier molecular flexibility index (Phi) is 5.40. The summed E-state index contributed by atoms with van der Waals surface area (Å²) in [5.74, 6) is 0. The lowest BCUT2D eigenvalue weighted by Gasteiger charge is -2.35. The summed E-state index contributed by atoms with van der Waals surface area (Å²) in [7, 11) is 0. The standard InChI is InChI=1S/C10H22N2O2/c1-4-14-11-7-10-8-12(9(2)3)5-6-13-10/h9-11H,4-8H2,1-3H3. The van der Waals surface area contributed by atoms with E-state index in [-0.39, 0.29) is 6.10 Å². The van der Waals surface area contributed by atoms with Crippen LogP contribution in [0.3, 0.4) is 0 Å². The van der Waals surface area contributed by atoms with Crippen molar-refractivity contribution in [2.24, 2.45) is 0 Å². The number of rotatable bonds is 5. The maximum absolute atomic E-state index is 5.62. The van der Waals surface area contributed by atoms with Crippen molar-refractivity contribution in [3.8, 4) is 0 Å². The molecular weight excluding hydrogens is 180 g/mol. The van der Waals surface area contributed by atoms with Gasteiger partial charge in [-0.15, -0.1) is 0 Å². The van der Waals surface area contributed by atoms with Crippen LogP contribution < -0.4 is 5.48 Å². The van der Waals surface area contributed by atoms with Crippen LogP contribution in [0.2, 0.25) is 0 Å². The molecule has 1 N–H and O–H groups in total. The normalized spacial score (nSPS) is 24.4. The van der Waals surface area contributed by atoms with E-state index in [0.29, 0.717) is 12.6 Å². The Hall–Kier alpha value is -0.160. The molecule has 0 amide bonds. The van der Waals surface area contributed by atoms with Gasteiger partial charge in [-0.05, 0) is 20.8 Å². The molecule has 0 saturated carbocycles. The van der Waals surface area contributed by atoms with Crippen molar-refractivity contribution in [1.82, 2.24) is 10.4 Å². The van der Waals surface area contributed by atoms with Crippen molar-refractivity contribution in [2.45, 2.75) is 32.9 Å². The number of morpholine rings is 1. The van der Waals surface area contributed by atoms with E-state index in [1.54, 1.807) is 0 Å². The Bertz CT molecular complexity index is 153. The highest BCUT2D eigenvalue weighted by molar-refractivity contribution is 4.74. The summed E-state index contributed by atoms with van der Waals surface area (Å²) < 4.78 is 5.62. The number of hydrogen-bond acceptors (Lipinski definition) is 4. The molecule has 14 heavy (non-hydrogen) atoms. The fraction of sp³-hybridized carbons (Fsp3) is 1.00. The van der Waals surface area contributed by atoms with Crippen LogP contribution in [0.5, 0.6) is 0 Å². The molecule has 1 heterocycles. The van der Waals surface area contributed by atoms with Crippen molar-refractivity contribution >= 4 is 0 Å². The average molecular weight is 202 g/mol. The fourth-order valence-corrected chi connectivity index (χ4v) is 1.59. The first-order chi connectivity index (χ1) is 6.74. The van der Waals surface area contributed by atoms with Crippen LogP contribution in [0.4, 0.5) is 0 Å². The second-order valence-corrected chi connectivity index (χ2v) is 3.86. The lowest BCUT2D eigenvalue weighted by atomic mass is 10.2. The van der Waals surface area contributed by atoms with E-state index in [2.05, 4.69) is 24.2 Å². The molecular formula is C10H22N2O2. The van der Waals surface area contributed by atoms with Gasteiger partial charge in [0.25, 0.3) is 0 Å². The van der Waals surface area contributed by atoms with Gasteiger partial charge in [-0.3, -0.25) is 4.90 Å². The highest BCUT2D eigenvalue weighted by Crippen LogP contribution is 2.07. The molecule has 4 nitrogen and oxygen atoms in total. The zero-order chi connectivity index (χ0) is 10.4. The lowest BCUT2D eigenvalue weighted by Crippen LogP contribution is -2.49. The quantitative estimate of drug-likeness (QED) is 0.524. The van der Waals surface area contributed by atoms with Crippen LogP contribution in [0.15, 0.2) is 0 Å². The number of nitrogens with one attached hydrogen (secondary N) is 1. The Morgan fingerprint density at radius 2 is 2.36 bits per heavy atom. The molecule has 4 heteroatoms. The average Bonchev–Trinajstić information content (AvgIpc) is 2.19. The third kappa shape index (κ3) is 3.92. The van der Waals surface area contributed by atoms with Gasteiger partial charge in [-0.2, -0.15) is 5.48 Å². The number of nitrogens with zero attached hydrogens (tertiary/aromatic N) is 1. The second-order valence-electron chi connectivity index (χ2n) is 3.86. The Morgan fingerprint density at radius 1 is 1.57 bits per heavy atom. The van der Waals surface area contributed by atoms with Gasteiger partial charge in [0.15, 0.2) is 0 Å². The van der Waals surface area contributed by atoms with Crippen molar-refractivity contribution in [3.05, 3.63) is 0 Å². The molecule has 0 radical (unpaired) electrons. The molecule has 0 bridgehead atoms. The molecule has 1 atom stereocenters. The molecule has 0 spiro atoms. The second kappa shape index (κ2) is 6.35. The molecule has 1 aliphatic heterocycles. The summed E-state index contributed by atoms with van der Waals surface area (Å²) in [6.07, 6.45) is 0.262. The van der Waals surface area contributed by atoms with E-state index in [0.717, 1.165) is 26.2 Å². The molecule has 0 aromatic carbocycles. The molecule has 84 valence electrons. The van der Waals surface area contributed by atoms with Gasteiger partial charge in [0.2, 0.25) is 0 Å². The van der Waals surface area contributed by atoms with E-state index in [1.807, 2.05) is 6.92 Å². The van der Waals surface area contributed by atoms with Crippen LogP contribution in [0.25, 0.3) is 0 Å². The predicted molar refractivity (Wildman–Crippen MR) is 56.1 cm³/mol. The smallest absolute Gasteiger partial charge is 0.0850 e. The van der Waals surface area contributed by atoms with E-state index in [9.17, 15) is 0 Å². The molecule has 1 rings (SSSR count). The number of hydrogen-bond donors (Lipinski definition) is 1. The van der Waals surface area contributed by atoms with E-state index in [1.165, 1.54) is 0 Å². The van der Waals surface area contributed by atoms with Crippen molar-refractivity contribution in [1.29, 1.82) is 0 Å². The summed E-state index contributed by atoms with van der Waals surface area (Å²) in [6.45, 7) is 10.8. The predicted octanol–water partition coefficient (Wildman–Crippen LogP) is 0.637. The highest BCUT2D eigenvalue weighted by atomic mass is 16.6. The molecule has 1 unspecified atom stereocenters. The number of hydroxylamine groups is 1. The number of ether oxygens (including phenoxy) is 1. The first kappa shape index (κ1) is 11.9. The summed E-state index contributed by atoms with van der Waals surface area (Å²) in [4.78, 5) is 7.52. The topological polar surface area (TPSA) is 33.7 Å². The summed E-state index contributed by atoms with van der Waals surface area (Å²) in [6, 6.07) is 0.605. The largest absolute Gasteiger partial charge is 0.374 e. The Balaban J connectivity index is 2.19. The molecule has 0 aromatic rings. The van der Waals surface area contributed by atoms with E-state index < -0.39 is 0 Å². The SMILES string of the molecule is CCONCC1CN(C(C)C)CCO1. The van der Waals surface area contributed by atoms with E-state index >= 15 is 0 Å². The highest BCUT2D eigenvalue weighted by Gasteiger charge is 2.21. The van der Waals surface area contributed by atoms with Crippen LogP contribution in [0.1, 0.15) is 20.8 Å². The van der Waals surface area contributed by atoms with Gasteiger partial charge >= 0.3 is 0 Å². The lowest BCUT2D eigenvalue weighted by molar-refractivity contribution is -0.0615. The minimum absolute atomic E-state index is 0.262. The monoisotopic (exact) mass is 202 g/mol. The Morgan fingerprint density at radius 3 is 3.00 bits per heavy atom. The summed E-state index contributed by atoms with van der Waals surface area (Å²) >= 11 is 0. The van der Waals surface area contributed by atoms with Gasteiger partial charge in [0, 0.05) is 25.7 Å². The van der Waals surface area contributed by atoms with Gasteiger partial charge in [0.1, 0.15) is 0 Å². The van der Waals surface area contributed by atoms with Gasteiger partial charge in [0.05, 0.1) is 19.3 Å². The minimum Gasteiger partial charge on any atom is -0.374 e. The maximum Gasteiger partial charge on any atom is 0.0850 e. The van der Waals surface area contributed by atoms with Crippen LogP contribution in [-0.4, -0.2) is 49.9 Å². The third-order valence-electron chi connectivity index (χ3n) is 2.46. The molecule has 1 saturated heterocycles. The van der Waals surface area contributed by atoms with Crippen LogP contribution >= 0.6 is 0 Å². The zero-order valence-corrected chi connectivity index (χ0v) is 9.45. The van der Waals surface area contributed by atoms with Gasteiger partial charge < -0.3 is 9.57 Å². The van der Waals surface area contributed by atoms with Gasteiger partial charge in [-0.1, -0.05) is 0 Å². The van der Waals surface area contributed by atoms with Crippen molar-refractivity contribution < 1.29 is 9.57 Å². The first-order valence-electron chi connectivity index (χ1n) is 5.44. The fourth-order valence-electron chi connectivity index (χ4n) is 1.59. The van der Waals surface area contributed by atoms with Crippen LogP contribution in [0, 0.1) is 0 Å². The summed E-state index contributed by atoms with van der Waals surface area (Å²) in [5, 5.41) is 0. The van der Waals surface area contributed by atoms with Crippen molar-refractivity contribution in [3.63, 3.8) is 0 Å². The Labute approximate surface area is 86.5 Å². The minimum atomic E-state index is 0.262. The molecule has 1 aliphatic rings. The third-order valence-corrected chi connectivity index (χ3v) is 2.46. The first-order valence-corrected chi connectivity index (χ1v) is 5.44. The zero-order valence-electron chi connectivity index (χ0n) is 9.45. The molecule has 0 aliphatic carbocycles. The maximum atomic E-state index is 5.62.